The zero-order valence-electron chi connectivity index (χ0n) is 9.56. The third-order valence-electron chi connectivity index (χ3n) is 2.36. The Hall–Kier alpha value is -1.12. The van der Waals surface area contributed by atoms with Gasteiger partial charge in [0.05, 0.1) is 6.61 Å². The topological polar surface area (TPSA) is 9.23 Å². The molecule has 0 spiro atoms. The molecule has 1 aromatic rings. The van der Waals surface area contributed by atoms with Gasteiger partial charge in [0.15, 0.2) is 11.6 Å². The van der Waals surface area contributed by atoms with Crippen LogP contribution in [0.3, 0.4) is 0 Å². The lowest BCUT2D eigenvalue weighted by Gasteiger charge is -2.06. The van der Waals surface area contributed by atoms with Crippen molar-refractivity contribution >= 4 is 0 Å². The van der Waals surface area contributed by atoms with Crippen molar-refractivity contribution in [1.82, 2.24) is 0 Å². The van der Waals surface area contributed by atoms with Gasteiger partial charge in [-0.15, -0.1) is 0 Å². The van der Waals surface area contributed by atoms with Gasteiger partial charge in [0.2, 0.25) is 5.82 Å². The lowest BCUT2D eigenvalue weighted by molar-refractivity contribution is 0.285. The maximum Gasteiger partial charge on any atom is 0.201 e. The molecule has 0 amide bonds. The molecule has 16 heavy (non-hydrogen) atoms. The van der Waals surface area contributed by atoms with Crippen molar-refractivity contribution in [2.75, 3.05) is 6.61 Å². The summed E-state index contributed by atoms with van der Waals surface area (Å²) in [4.78, 5) is 0. The first-order chi connectivity index (χ1) is 7.75. The van der Waals surface area contributed by atoms with Crippen LogP contribution in [0.1, 0.15) is 39.0 Å². The molecule has 1 aromatic carbocycles. The van der Waals surface area contributed by atoms with Gasteiger partial charge in [-0.2, -0.15) is 4.39 Å². The number of halogens is 2. The normalized spacial score (nSPS) is 10.4. The molecule has 1 rings (SSSR count). The first kappa shape index (κ1) is 12.9. The Morgan fingerprint density at radius 2 is 1.94 bits per heavy atom. The van der Waals surface area contributed by atoms with E-state index in [-0.39, 0.29) is 5.75 Å². The predicted molar refractivity (Wildman–Crippen MR) is 59.4 cm³/mol. The van der Waals surface area contributed by atoms with Crippen molar-refractivity contribution in [1.29, 1.82) is 0 Å². The van der Waals surface area contributed by atoms with Gasteiger partial charge >= 0.3 is 0 Å². The van der Waals surface area contributed by atoms with E-state index in [0.717, 1.165) is 12.8 Å². The maximum atomic E-state index is 13.1. The summed E-state index contributed by atoms with van der Waals surface area (Å²) < 4.78 is 31.0. The number of benzene rings is 1. The van der Waals surface area contributed by atoms with Gasteiger partial charge < -0.3 is 4.74 Å². The fourth-order valence-corrected chi connectivity index (χ4v) is 1.43. The summed E-state index contributed by atoms with van der Waals surface area (Å²) in [6.07, 6.45) is 5.51. The van der Waals surface area contributed by atoms with Crippen molar-refractivity contribution in [2.24, 2.45) is 0 Å². The van der Waals surface area contributed by atoms with Gasteiger partial charge in [0, 0.05) is 6.07 Å². The molecule has 0 unspecified atom stereocenters. The van der Waals surface area contributed by atoms with E-state index in [9.17, 15) is 8.78 Å². The first-order valence-electron chi connectivity index (χ1n) is 5.74. The third-order valence-corrected chi connectivity index (χ3v) is 2.36. The number of unbranched alkanes of at least 4 members (excludes halogenated alkanes) is 4. The number of rotatable bonds is 7. The number of hydrogen-bond donors (Lipinski definition) is 0. The Balaban J connectivity index is 2.24. The smallest absolute Gasteiger partial charge is 0.201 e. The van der Waals surface area contributed by atoms with Crippen LogP contribution >= 0.6 is 0 Å². The highest BCUT2D eigenvalue weighted by molar-refractivity contribution is 5.24. The highest BCUT2D eigenvalue weighted by Gasteiger charge is 2.08. The molecule has 0 saturated carbocycles. The summed E-state index contributed by atoms with van der Waals surface area (Å²) in [6, 6.07) is 4.85. The molecule has 0 saturated heterocycles. The Bertz CT molecular complexity index is 313. The van der Waals surface area contributed by atoms with Crippen LogP contribution in [0.5, 0.6) is 5.75 Å². The van der Waals surface area contributed by atoms with Gasteiger partial charge in [0.1, 0.15) is 0 Å². The minimum absolute atomic E-state index is 0.0215. The molecule has 0 heterocycles. The molecule has 0 aliphatic heterocycles. The van der Waals surface area contributed by atoms with E-state index in [1.165, 1.54) is 31.4 Å². The Labute approximate surface area is 95.4 Å². The molecular formula is C13H17F2O. The molecule has 89 valence electrons. The SMILES string of the molecule is CCCCCCCOc1cc[c]c(F)c1F. The molecule has 0 N–H and O–H groups in total. The summed E-state index contributed by atoms with van der Waals surface area (Å²) in [7, 11) is 0. The van der Waals surface area contributed by atoms with Crippen LogP contribution in [0.2, 0.25) is 0 Å². The van der Waals surface area contributed by atoms with Gasteiger partial charge in [-0.3, -0.25) is 0 Å². The molecule has 3 heteroatoms. The van der Waals surface area contributed by atoms with E-state index >= 15 is 0 Å². The minimum atomic E-state index is -0.983. The van der Waals surface area contributed by atoms with Crippen LogP contribution in [0.15, 0.2) is 12.1 Å². The summed E-state index contributed by atoms with van der Waals surface area (Å²) in [5.74, 6) is -1.95. The predicted octanol–water partition coefficient (Wildman–Crippen LogP) is 4.11. The molecule has 0 atom stereocenters. The second-order valence-corrected chi connectivity index (χ2v) is 3.73. The van der Waals surface area contributed by atoms with Crippen LogP contribution in [0.4, 0.5) is 8.78 Å². The van der Waals surface area contributed by atoms with Crippen molar-refractivity contribution in [3.63, 3.8) is 0 Å². The molecule has 0 aliphatic carbocycles. The van der Waals surface area contributed by atoms with Gasteiger partial charge in [-0.05, 0) is 18.6 Å². The van der Waals surface area contributed by atoms with Crippen molar-refractivity contribution in [2.45, 2.75) is 39.0 Å². The Morgan fingerprint density at radius 1 is 1.19 bits per heavy atom. The zero-order valence-corrected chi connectivity index (χ0v) is 9.56. The second kappa shape index (κ2) is 7.20. The van der Waals surface area contributed by atoms with Gasteiger partial charge in [-0.1, -0.05) is 32.6 Å². The van der Waals surface area contributed by atoms with E-state index in [2.05, 4.69) is 13.0 Å². The Morgan fingerprint density at radius 3 is 2.69 bits per heavy atom. The van der Waals surface area contributed by atoms with Crippen LogP contribution in [-0.4, -0.2) is 6.61 Å². The summed E-state index contributed by atoms with van der Waals surface area (Å²) in [5, 5.41) is 0. The maximum absolute atomic E-state index is 13.1. The van der Waals surface area contributed by atoms with Crippen LogP contribution < -0.4 is 4.74 Å². The fraction of sp³-hybridized carbons (Fsp3) is 0.538. The molecule has 0 fully saturated rings. The van der Waals surface area contributed by atoms with E-state index in [4.69, 9.17) is 4.74 Å². The van der Waals surface area contributed by atoms with E-state index in [1.807, 2.05) is 0 Å². The average Bonchev–Trinajstić information content (AvgIpc) is 2.29. The summed E-state index contributed by atoms with van der Waals surface area (Å²) >= 11 is 0. The van der Waals surface area contributed by atoms with Gasteiger partial charge in [0.25, 0.3) is 0 Å². The highest BCUT2D eigenvalue weighted by Crippen LogP contribution is 2.19. The molecular weight excluding hydrogens is 210 g/mol. The average molecular weight is 227 g/mol. The molecule has 0 aromatic heterocycles. The highest BCUT2D eigenvalue weighted by atomic mass is 19.2. The lowest BCUT2D eigenvalue weighted by atomic mass is 10.2. The monoisotopic (exact) mass is 227 g/mol. The number of ether oxygens (including phenoxy) is 1. The van der Waals surface area contributed by atoms with Crippen LogP contribution in [0.25, 0.3) is 0 Å². The minimum Gasteiger partial charge on any atom is -0.490 e. The fourth-order valence-electron chi connectivity index (χ4n) is 1.43. The van der Waals surface area contributed by atoms with Crippen molar-refractivity contribution in [3.8, 4) is 5.75 Å². The quantitative estimate of drug-likeness (QED) is 0.637. The van der Waals surface area contributed by atoms with E-state index < -0.39 is 11.6 Å². The molecule has 0 aliphatic rings. The largest absolute Gasteiger partial charge is 0.490 e. The first-order valence-corrected chi connectivity index (χ1v) is 5.74. The van der Waals surface area contributed by atoms with Crippen molar-refractivity contribution < 1.29 is 13.5 Å². The lowest BCUT2D eigenvalue weighted by Crippen LogP contribution is -2.00. The molecule has 1 radical (unpaired) electrons. The molecule has 0 bridgehead atoms. The summed E-state index contributed by atoms with van der Waals surface area (Å²) in [6.45, 7) is 2.58. The van der Waals surface area contributed by atoms with Crippen molar-refractivity contribution in [3.05, 3.63) is 29.8 Å². The van der Waals surface area contributed by atoms with E-state index in [1.54, 1.807) is 0 Å². The van der Waals surface area contributed by atoms with Gasteiger partial charge in [-0.25, -0.2) is 4.39 Å². The summed E-state index contributed by atoms with van der Waals surface area (Å²) in [5.41, 5.74) is 0. The van der Waals surface area contributed by atoms with E-state index in [0.29, 0.717) is 6.61 Å². The number of hydrogen-bond acceptors (Lipinski definition) is 1. The third kappa shape index (κ3) is 4.17. The molecule has 1 nitrogen and oxygen atoms in total. The zero-order chi connectivity index (χ0) is 11.8. The Kier molecular flexibility index (Phi) is 5.83. The van der Waals surface area contributed by atoms with Crippen LogP contribution in [-0.2, 0) is 0 Å². The standard InChI is InChI=1S/C13H17F2O/c1-2-3-4-5-6-10-16-12-9-7-8-11(14)13(12)15/h7,9H,2-6,10H2,1H3. The van der Waals surface area contributed by atoms with Crippen LogP contribution in [0, 0.1) is 17.7 Å². The second-order valence-electron chi connectivity index (χ2n) is 3.73.